The van der Waals surface area contributed by atoms with E-state index in [2.05, 4.69) is 37.4 Å². The molecule has 1 amide bonds. The number of hydrogen-bond donors (Lipinski definition) is 2. The maximum atomic E-state index is 13.5. The Hall–Kier alpha value is -2.59. The first-order chi connectivity index (χ1) is 13.4. The number of nitrogens with one attached hydrogen (secondary N) is 2. The molecule has 0 aliphatic carbocycles. The van der Waals surface area contributed by atoms with Crippen LogP contribution in [0.1, 0.15) is 18.6 Å². The second kappa shape index (κ2) is 7.44. The van der Waals surface area contributed by atoms with Crippen molar-refractivity contribution < 1.29 is 18.3 Å². The highest BCUT2D eigenvalue weighted by atomic mass is 35.5. The number of rotatable bonds is 3. The SMILES string of the molecule is C[C@H]1CN(c2cc(Cl)cc(-c3ncnc4c3C(C(F)F)OC(=O)N4)n2)CCN1. The zero-order valence-corrected chi connectivity index (χ0v) is 15.6. The lowest BCUT2D eigenvalue weighted by atomic mass is 10.0. The summed E-state index contributed by atoms with van der Waals surface area (Å²) in [4.78, 5) is 26.2. The fourth-order valence-electron chi connectivity index (χ4n) is 3.35. The molecule has 0 spiro atoms. The van der Waals surface area contributed by atoms with Crippen molar-refractivity contribution >= 4 is 29.3 Å². The summed E-state index contributed by atoms with van der Waals surface area (Å²) in [5.74, 6) is 0.600. The van der Waals surface area contributed by atoms with Crippen molar-refractivity contribution in [1.29, 1.82) is 0 Å². The third-order valence-corrected chi connectivity index (χ3v) is 4.78. The number of amides is 1. The van der Waals surface area contributed by atoms with Gasteiger partial charge in [-0.1, -0.05) is 11.6 Å². The van der Waals surface area contributed by atoms with Gasteiger partial charge in [0, 0.05) is 30.7 Å². The van der Waals surface area contributed by atoms with E-state index < -0.39 is 18.6 Å². The molecule has 0 saturated carbocycles. The molecule has 2 aromatic heterocycles. The highest BCUT2D eigenvalue weighted by Gasteiger charge is 2.37. The Morgan fingerprint density at radius 3 is 2.93 bits per heavy atom. The normalized spacial score (nSPS) is 21.9. The minimum Gasteiger partial charge on any atom is -0.435 e. The van der Waals surface area contributed by atoms with Crippen molar-refractivity contribution in [2.24, 2.45) is 0 Å². The lowest BCUT2D eigenvalue weighted by Gasteiger charge is -2.33. The lowest BCUT2D eigenvalue weighted by molar-refractivity contribution is -0.0170. The largest absolute Gasteiger partial charge is 0.435 e. The Kier molecular flexibility index (Phi) is 4.98. The molecule has 1 unspecified atom stereocenters. The number of anilines is 2. The first kappa shape index (κ1) is 18.8. The van der Waals surface area contributed by atoms with E-state index in [0.717, 1.165) is 19.6 Å². The maximum Gasteiger partial charge on any atom is 0.413 e. The first-order valence-corrected chi connectivity index (χ1v) is 9.07. The van der Waals surface area contributed by atoms with Crippen LogP contribution in [-0.2, 0) is 4.74 Å². The third-order valence-electron chi connectivity index (χ3n) is 4.56. The maximum absolute atomic E-state index is 13.5. The average Bonchev–Trinajstić information content (AvgIpc) is 2.66. The van der Waals surface area contributed by atoms with E-state index in [1.807, 2.05) is 0 Å². The van der Waals surface area contributed by atoms with Crippen LogP contribution in [0.2, 0.25) is 5.02 Å². The van der Waals surface area contributed by atoms with E-state index in [0.29, 0.717) is 16.5 Å². The molecule has 11 heteroatoms. The van der Waals surface area contributed by atoms with Crippen molar-refractivity contribution in [1.82, 2.24) is 20.3 Å². The highest BCUT2D eigenvalue weighted by molar-refractivity contribution is 6.31. The van der Waals surface area contributed by atoms with E-state index in [1.165, 1.54) is 12.4 Å². The molecule has 1 saturated heterocycles. The van der Waals surface area contributed by atoms with Crippen LogP contribution in [0.3, 0.4) is 0 Å². The van der Waals surface area contributed by atoms with Crippen LogP contribution in [0, 0.1) is 0 Å². The van der Waals surface area contributed by atoms with Crippen LogP contribution in [0.5, 0.6) is 0 Å². The number of ether oxygens (including phenoxy) is 1. The molecule has 2 aromatic rings. The molecule has 2 aliphatic heterocycles. The quantitative estimate of drug-likeness (QED) is 0.803. The first-order valence-electron chi connectivity index (χ1n) is 8.69. The van der Waals surface area contributed by atoms with Gasteiger partial charge in [0.2, 0.25) is 0 Å². The van der Waals surface area contributed by atoms with E-state index >= 15 is 0 Å². The smallest absolute Gasteiger partial charge is 0.413 e. The molecule has 2 N–H and O–H groups in total. The number of fused-ring (bicyclic) bond motifs is 1. The predicted octanol–water partition coefficient (Wildman–Crippen LogP) is 2.86. The lowest BCUT2D eigenvalue weighted by Crippen LogP contribution is -2.49. The number of piperazine rings is 1. The van der Waals surface area contributed by atoms with Gasteiger partial charge in [-0.05, 0) is 19.1 Å². The molecular formula is C17H17ClF2N6O2. The number of carbonyl (C=O) groups excluding carboxylic acids is 1. The number of carbonyl (C=O) groups is 1. The second-order valence-electron chi connectivity index (χ2n) is 6.60. The van der Waals surface area contributed by atoms with Crippen molar-refractivity contribution in [2.75, 3.05) is 29.9 Å². The van der Waals surface area contributed by atoms with E-state index in [-0.39, 0.29) is 23.1 Å². The molecule has 4 rings (SSSR count). The van der Waals surface area contributed by atoms with Gasteiger partial charge in [0.15, 0.2) is 6.10 Å². The van der Waals surface area contributed by atoms with Crippen molar-refractivity contribution in [3.05, 3.63) is 29.0 Å². The van der Waals surface area contributed by atoms with Gasteiger partial charge in [-0.3, -0.25) is 5.32 Å². The van der Waals surface area contributed by atoms with Gasteiger partial charge in [0.1, 0.15) is 23.7 Å². The summed E-state index contributed by atoms with van der Waals surface area (Å²) in [6.45, 7) is 4.32. The van der Waals surface area contributed by atoms with Gasteiger partial charge in [-0.15, -0.1) is 0 Å². The molecule has 0 aromatic carbocycles. The summed E-state index contributed by atoms with van der Waals surface area (Å²) in [6, 6.07) is 3.54. The van der Waals surface area contributed by atoms with E-state index in [9.17, 15) is 13.6 Å². The number of pyridine rings is 1. The molecule has 4 heterocycles. The molecule has 1 fully saturated rings. The molecule has 2 aliphatic rings. The van der Waals surface area contributed by atoms with Crippen LogP contribution >= 0.6 is 11.6 Å². The number of aromatic nitrogens is 3. The average molecular weight is 411 g/mol. The van der Waals surface area contributed by atoms with Gasteiger partial charge in [0.25, 0.3) is 6.43 Å². The third kappa shape index (κ3) is 3.57. The summed E-state index contributed by atoms with van der Waals surface area (Å²) in [6.07, 6.45) is -4.54. The summed E-state index contributed by atoms with van der Waals surface area (Å²) in [7, 11) is 0. The van der Waals surface area contributed by atoms with E-state index in [1.54, 1.807) is 6.07 Å². The fraction of sp³-hybridized carbons (Fsp3) is 0.412. The molecule has 8 nitrogen and oxygen atoms in total. The van der Waals surface area contributed by atoms with Gasteiger partial charge in [-0.2, -0.15) is 0 Å². The second-order valence-corrected chi connectivity index (χ2v) is 7.04. The molecule has 0 radical (unpaired) electrons. The Balaban J connectivity index is 1.80. The predicted molar refractivity (Wildman–Crippen MR) is 98.8 cm³/mol. The summed E-state index contributed by atoms with van der Waals surface area (Å²) < 4.78 is 31.8. The molecule has 28 heavy (non-hydrogen) atoms. The Morgan fingerprint density at radius 1 is 1.36 bits per heavy atom. The van der Waals surface area contributed by atoms with Crippen LogP contribution in [0.15, 0.2) is 18.5 Å². The van der Waals surface area contributed by atoms with Crippen LogP contribution < -0.4 is 15.5 Å². The minimum absolute atomic E-state index is 0.0218. The van der Waals surface area contributed by atoms with Gasteiger partial charge < -0.3 is 15.0 Å². The Bertz CT molecular complexity index is 915. The van der Waals surface area contributed by atoms with E-state index in [4.69, 9.17) is 16.3 Å². The van der Waals surface area contributed by atoms with Crippen molar-refractivity contribution in [2.45, 2.75) is 25.5 Å². The van der Waals surface area contributed by atoms with Gasteiger partial charge in [0.05, 0.1) is 11.3 Å². The Labute approximate surface area is 164 Å². The molecule has 2 atom stereocenters. The number of nitrogens with zero attached hydrogens (tertiary/aromatic N) is 4. The molecule has 148 valence electrons. The fourth-order valence-corrected chi connectivity index (χ4v) is 3.55. The summed E-state index contributed by atoms with van der Waals surface area (Å²) in [5, 5.41) is 6.07. The van der Waals surface area contributed by atoms with Crippen molar-refractivity contribution in [3.8, 4) is 11.4 Å². The summed E-state index contributed by atoms with van der Waals surface area (Å²) in [5.41, 5.74) is 0.423. The van der Waals surface area contributed by atoms with Crippen molar-refractivity contribution in [3.63, 3.8) is 0 Å². The topological polar surface area (TPSA) is 92.3 Å². The summed E-state index contributed by atoms with van der Waals surface area (Å²) >= 11 is 6.29. The number of alkyl halides is 2. The van der Waals surface area contributed by atoms with Crippen LogP contribution in [0.25, 0.3) is 11.4 Å². The standard InChI is InChI=1S/C17H17ClF2N6O2/c1-8-6-26(3-2-21-8)11-5-9(18)4-10(24-11)13-12-14(15(19)20)28-17(27)25-16(12)23-7-22-13/h4-5,7-8,14-15,21H,2-3,6H2,1H3,(H,22,23,25,27)/t8-,14?/m0/s1. The zero-order chi connectivity index (χ0) is 19.8. The molecule has 0 bridgehead atoms. The van der Waals surface area contributed by atoms with Crippen LogP contribution in [0.4, 0.5) is 25.2 Å². The number of hydrogen-bond acceptors (Lipinski definition) is 7. The Morgan fingerprint density at radius 2 is 2.18 bits per heavy atom. The van der Waals surface area contributed by atoms with Gasteiger partial charge >= 0.3 is 6.09 Å². The number of cyclic esters (lactones) is 1. The monoisotopic (exact) mass is 410 g/mol. The number of halogens is 3. The zero-order valence-electron chi connectivity index (χ0n) is 14.8. The van der Waals surface area contributed by atoms with Gasteiger partial charge in [-0.25, -0.2) is 28.5 Å². The van der Waals surface area contributed by atoms with Crippen LogP contribution in [-0.4, -0.2) is 53.1 Å². The molecular weight excluding hydrogens is 394 g/mol. The highest BCUT2D eigenvalue weighted by Crippen LogP contribution is 2.39. The minimum atomic E-state index is -2.94.